The van der Waals surface area contributed by atoms with Crippen LogP contribution in [0.5, 0.6) is 0 Å². The molecular formula is C11H13BrClN. The van der Waals surface area contributed by atoms with Crippen LogP contribution in [0.4, 0.5) is 5.69 Å². The highest BCUT2D eigenvalue weighted by Crippen LogP contribution is 2.32. The third-order valence-corrected chi connectivity index (χ3v) is 3.32. The molecule has 0 amide bonds. The van der Waals surface area contributed by atoms with Gasteiger partial charge in [-0.05, 0) is 30.5 Å². The van der Waals surface area contributed by atoms with Crippen molar-refractivity contribution in [3.8, 4) is 0 Å². The van der Waals surface area contributed by atoms with Crippen LogP contribution in [-0.4, -0.2) is 6.54 Å². The van der Waals surface area contributed by atoms with Crippen LogP contribution in [0, 0.1) is 5.92 Å². The first-order valence-corrected chi connectivity index (χ1v) is 6.12. The van der Waals surface area contributed by atoms with E-state index in [1.807, 2.05) is 18.2 Å². The molecule has 1 aromatic carbocycles. The second-order valence-corrected chi connectivity index (χ2v) is 5.11. The first-order valence-electron chi connectivity index (χ1n) is 4.94. The van der Waals surface area contributed by atoms with Gasteiger partial charge in [0.05, 0.1) is 10.7 Å². The highest BCUT2D eigenvalue weighted by Gasteiger charge is 2.20. The molecule has 3 heteroatoms. The standard InChI is InChI=1S/C11H13BrClN/c12-9-3-4-10(13)11(7-9)14-6-5-8-1-2-8/h3-4,7-8,14H,1-2,5-6H2. The van der Waals surface area contributed by atoms with E-state index in [9.17, 15) is 0 Å². The van der Waals surface area contributed by atoms with E-state index in [-0.39, 0.29) is 0 Å². The maximum atomic E-state index is 6.04. The number of benzene rings is 1. The van der Waals surface area contributed by atoms with Crippen molar-refractivity contribution in [3.05, 3.63) is 27.7 Å². The number of nitrogens with one attached hydrogen (secondary N) is 1. The van der Waals surface area contributed by atoms with Crippen LogP contribution in [0.25, 0.3) is 0 Å². The first kappa shape index (κ1) is 10.3. The molecule has 1 aliphatic carbocycles. The SMILES string of the molecule is Clc1ccc(Br)cc1NCCC1CC1. The highest BCUT2D eigenvalue weighted by molar-refractivity contribution is 9.10. The molecule has 0 aromatic heterocycles. The van der Waals surface area contributed by atoms with E-state index in [1.165, 1.54) is 19.3 Å². The predicted molar refractivity (Wildman–Crippen MR) is 65.0 cm³/mol. The van der Waals surface area contributed by atoms with Crippen molar-refractivity contribution < 1.29 is 0 Å². The monoisotopic (exact) mass is 273 g/mol. The van der Waals surface area contributed by atoms with Gasteiger partial charge in [0.2, 0.25) is 0 Å². The van der Waals surface area contributed by atoms with Crippen molar-refractivity contribution in [1.29, 1.82) is 0 Å². The van der Waals surface area contributed by atoms with Crippen LogP contribution in [0.1, 0.15) is 19.3 Å². The van der Waals surface area contributed by atoms with Crippen LogP contribution in [0.15, 0.2) is 22.7 Å². The maximum absolute atomic E-state index is 6.04. The van der Waals surface area contributed by atoms with Crippen LogP contribution >= 0.6 is 27.5 Å². The van der Waals surface area contributed by atoms with Crippen molar-refractivity contribution in [2.75, 3.05) is 11.9 Å². The summed E-state index contributed by atoms with van der Waals surface area (Å²) in [7, 11) is 0. The molecular weight excluding hydrogens is 261 g/mol. The number of anilines is 1. The lowest BCUT2D eigenvalue weighted by Gasteiger charge is -2.08. The molecule has 0 spiro atoms. The zero-order chi connectivity index (χ0) is 9.97. The molecule has 14 heavy (non-hydrogen) atoms. The Labute approximate surface area is 98.0 Å². The zero-order valence-corrected chi connectivity index (χ0v) is 10.2. The summed E-state index contributed by atoms with van der Waals surface area (Å²) in [5.74, 6) is 0.966. The van der Waals surface area contributed by atoms with Gasteiger partial charge in [0.1, 0.15) is 0 Å². The lowest BCUT2D eigenvalue weighted by Crippen LogP contribution is -2.02. The zero-order valence-electron chi connectivity index (χ0n) is 7.89. The van der Waals surface area contributed by atoms with Gasteiger partial charge in [-0.2, -0.15) is 0 Å². The Morgan fingerprint density at radius 1 is 1.43 bits per heavy atom. The van der Waals surface area contributed by atoms with Gasteiger partial charge in [0.15, 0.2) is 0 Å². The topological polar surface area (TPSA) is 12.0 Å². The van der Waals surface area contributed by atoms with Crippen molar-refractivity contribution in [2.24, 2.45) is 5.92 Å². The van der Waals surface area contributed by atoms with E-state index in [0.29, 0.717) is 0 Å². The van der Waals surface area contributed by atoms with Crippen molar-refractivity contribution in [1.82, 2.24) is 0 Å². The summed E-state index contributed by atoms with van der Waals surface area (Å²) < 4.78 is 1.07. The molecule has 1 nitrogen and oxygen atoms in total. The van der Waals surface area contributed by atoms with Crippen molar-refractivity contribution in [3.63, 3.8) is 0 Å². The molecule has 1 N–H and O–H groups in total. The normalized spacial score (nSPS) is 15.6. The molecule has 0 radical (unpaired) electrons. The molecule has 1 aromatic rings. The van der Waals surface area contributed by atoms with Crippen molar-refractivity contribution in [2.45, 2.75) is 19.3 Å². The van der Waals surface area contributed by atoms with Crippen LogP contribution in [0.3, 0.4) is 0 Å². The Morgan fingerprint density at radius 3 is 2.93 bits per heavy atom. The molecule has 1 fully saturated rings. The number of hydrogen-bond donors (Lipinski definition) is 1. The van der Waals surface area contributed by atoms with Gasteiger partial charge in [-0.3, -0.25) is 0 Å². The Balaban J connectivity index is 1.89. The fraction of sp³-hybridized carbons (Fsp3) is 0.455. The summed E-state index contributed by atoms with van der Waals surface area (Å²) >= 11 is 9.47. The third-order valence-electron chi connectivity index (χ3n) is 2.49. The Hall–Kier alpha value is -0.210. The molecule has 1 saturated carbocycles. The Bertz CT molecular complexity index is 323. The van der Waals surface area contributed by atoms with Gasteiger partial charge in [-0.25, -0.2) is 0 Å². The fourth-order valence-corrected chi connectivity index (χ4v) is 2.00. The molecule has 0 heterocycles. The van der Waals surface area contributed by atoms with E-state index in [4.69, 9.17) is 11.6 Å². The van der Waals surface area contributed by atoms with Crippen LogP contribution in [-0.2, 0) is 0 Å². The van der Waals surface area contributed by atoms with E-state index < -0.39 is 0 Å². The molecule has 2 rings (SSSR count). The lowest BCUT2D eigenvalue weighted by atomic mass is 10.2. The predicted octanol–water partition coefficient (Wildman–Crippen LogP) is 4.31. The van der Waals surface area contributed by atoms with E-state index in [2.05, 4.69) is 21.2 Å². The summed E-state index contributed by atoms with van der Waals surface area (Å²) in [6.45, 7) is 1.03. The number of hydrogen-bond acceptors (Lipinski definition) is 1. The molecule has 0 bridgehead atoms. The average molecular weight is 275 g/mol. The van der Waals surface area contributed by atoms with Gasteiger partial charge in [0, 0.05) is 11.0 Å². The smallest absolute Gasteiger partial charge is 0.0638 e. The molecule has 0 atom stereocenters. The number of halogens is 2. The second kappa shape index (κ2) is 4.54. The average Bonchev–Trinajstić information content (AvgIpc) is 2.95. The fourth-order valence-electron chi connectivity index (χ4n) is 1.45. The summed E-state index contributed by atoms with van der Waals surface area (Å²) in [4.78, 5) is 0. The molecule has 76 valence electrons. The van der Waals surface area contributed by atoms with E-state index >= 15 is 0 Å². The quantitative estimate of drug-likeness (QED) is 0.862. The highest BCUT2D eigenvalue weighted by atomic mass is 79.9. The summed E-state index contributed by atoms with van der Waals surface area (Å²) in [6, 6.07) is 5.88. The molecule has 0 aliphatic heterocycles. The van der Waals surface area contributed by atoms with E-state index in [0.717, 1.165) is 27.6 Å². The van der Waals surface area contributed by atoms with Crippen molar-refractivity contribution >= 4 is 33.2 Å². The summed E-state index contributed by atoms with van der Waals surface area (Å²) in [5, 5.41) is 4.16. The maximum Gasteiger partial charge on any atom is 0.0638 e. The van der Waals surface area contributed by atoms with E-state index in [1.54, 1.807) is 0 Å². The van der Waals surface area contributed by atoms with Gasteiger partial charge in [-0.15, -0.1) is 0 Å². The minimum absolute atomic E-state index is 0.795. The lowest BCUT2D eigenvalue weighted by molar-refractivity contribution is 0.760. The Kier molecular flexibility index (Phi) is 3.34. The van der Waals surface area contributed by atoms with Gasteiger partial charge < -0.3 is 5.32 Å². The molecule has 0 unspecified atom stereocenters. The summed E-state index contributed by atoms with van der Waals surface area (Å²) in [5.41, 5.74) is 1.03. The Morgan fingerprint density at radius 2 is 2.21 bits per heavy atom. The largest absolute Gasteiger partial charge is 0.384 e. The minimum Gasteiger partial charge on any atom is -0.384 e. The third kappa shape index (κ3) is 2.89. The second-order valence-electron chi connectivity index (χ2n) is 3.78. The molecule has 1 aliphatic rings. The van der Waals surface area contributed by atoms with Crippen LogP contribution in [0.2, 0.25) is 5.02 Å². The van der Waals surface area contributed by atoms with Crippen LogP contribution < -0.4 is 5.32 Å². The van der Waals surface area contributed by atoms with Gasteiger partial charge >= 0.3 is 0 Å². The molecule has 0 saturated heterocycles. The summed E-state index contributed by atoms with van der Waals surface area (Å²) in [6.07, 6.45) is 4.09. The minimum atomic E-state index is 0.795. The van der Waals surface area contributed by atoms with Gasteiger partial charge in [-0.1, -0.05) is 40.4 Å². The number of rotatable bonds is 4. The first-order chi connectivity index (χ1) is 6.75. The van der Waals surface area contributed by atoms with Gasteiger partial charge in [0.25, 0.3) is 0 Å².